The van der Waals surface area contributed by atoms with Crippen molar-refractivity contribution in [2.75, 3.05) is 19.8 Å². The first-order valence-corrected chi connectivity index (χ1v) is 7.26. The van der Waals surface area contributed by atoms with E-state index in [1.165, 1.54) is 32.1 Å². The van der Waals surface area contributed by atoms with Crippen molar-refractivity contribution in [3.63, 3.8) is 0 Å². The summed E-state index contributed by atoms with van der Waals surface area (Å²) in [5, 5.41) is 3.63. The Morgan fingerprint density at radius 3 is 2.53 bits per heavy atom. The minimum absolute atomic E-state index is 0.438. The third kappa shape index (κ3) is 3.94. The molecule has 2 aliphatic rings. The van der Waals surface area contributed by atoms with Crippen LogP contribution in [0.3, 0.4) is 0 Å². The Kier molecular flexibility index (Phi) is 5.26. The van der Waals surface area contributed by atoms with E-state index in [1.54, 1.807) is 0 Å². The number of likely N-dealkylation sites (N-methyl/N-ethyl adjacent to an activating group) is 1. The van der Waals surface area contributed by atoms with Gasteiger partial charge in [-0.3, -0.25) is 0 Å². The molecule has 2 heterocycles. The number of hydrogen-bond donors (Lipinski definition) is 1. The average Bonchev–Trinajstić information content (AvgIpc) is 2.77. The van der Waals surface area contributed by atoms with Crippen LogP contribution in [-0.2, 0) is 9.47 Å². The summed E-state index contributed by atoms with van der Waals surface area (Å²) in [6.07, 6.45) is 7.05. The Morgan fingerprint density at radius 2 is 1.94 bits per heavy atom. The van der Waals surface area contributed by atoms with Crippen molar-refractivity contribution in [1.29, 1.82) is 0 Å². The maximum absolute atomic E-state index is 6.02. The lowest BCUT2D eigenvalue weighted by molar-refractivity contribution is 0.0144. The Bertz CT molecular complexity index is 216. The van der Waals surface area contributed by atoms with Crippen LogP contribution in [0, 0.1) is 5.92 Å². The second-order valence-corrected chi connectivity index (χ2v) is 5.52. The molecule has 17 heavy (non-hydrogen) atoms. The lowest BCUT2D eigenvalue weighted by Crippen LogP contribution is -2.42. The maximum Gasteiger partial charge on any atom is 0.0732 e. The molecule has 3 nitrogen and oxygen atoms in total. The van der Waals surface area contributed by atoms with Gasteiger partial charge in [-0.15, -0.1) is 0 Å². The van der Waals surface area contributed by atoms with Crippen molar-refractivity contribution in [2.45, 2.75) is 64.2 Å². The quantitative estimate of drug-likeness (QED) is 0.801. The fraction of sp³-hybridized carbons (Fsp3) is 1.00. The lowest BCUT2D eigenvalue weighted by Gasteiger charge is -2.30. The molecular formula is C14H27NO2. The zero-order valence-corrected chi connectivity index (χ0v) is 11.3. The summed E-state index contributed by atoms with van der Waals surface area (Å²) >= 11 is 0. The Morgan fingerprint density at radius 1 is 1.18 bits per heavy atom. The van der Waals surface area contributed by atoms with Crippen LogP contribution in [0.25, 0.3) is 0 Å². The molecule has 3 atom stereocenters. The predicted molar refractivity (Wildman–Crippen MR) is 69.2 cm³/mol. The maximum atomic E-state index is 6.02. The summed E-state index contributed by atoms with van der Waals surface area (Å²) in [4.78, 5) is 0. The van der Waals surface area contributed by atoms with Crippen molar-refractivity contribution in [3.05, 3.63) is 0 Å². The van der Waals surface area contributed by atoms with Gasteiger partial charge in [0.15, 0.2) is 0 Å². The highest BCUT2D eigenvalue weighted by atomic mass is 16.5. The van der Waals surface area contributed by atoms with Crippen LogP contribution in [0.2, 0.25) is 0 Å². The second-order valence-electron chi connectivity index (χ2n) is 5.52. The van der Waals surface area contributed by atoms with Gasteiger partial charge in [-0.1, -0.05) is 6.92 Å². The standard InChI is InChI=1S/C14H27NO2/c1-3-15-13(14-5-4-11(2)17-14)10-12-6-8-16-9-7-12/h11-15H,3-10H2,1-2H3. The van der Waals surface area contributed by atoms with Crippen molar-refractivity contribution in [2.24, 2.45) is 5.92 Å². The van der Waals surface area contributed by atoms with E-state index in [-0.39, 0.29) is 0 Å². The van der Waals surface area contributed by atoms with Crippen LogP contribution < -0.4 is 5.32 Å². The molecule has 3 unspecified atom stereocenters. The largest absolute Gasteiger partial charge is 0.381 e. The van der Waals surface area contributed by atoms with Crippen molar-refractivity contribution in [1.82, 2.24) is 5.32 Å². The Labute approximate surface area is 105 Å². The average molecular weight is 241 g/mol. The fourth-order valence-electron chi connectivity index (χ4n) is 3.10. The van der Waals surface area contributed by atoms with Gasteiger partial charge in [0.25, 0.3) is 0 Å². The number of nitrogens with one attached hydrogen (secondary N) is 1. The van der Waals surface area contributed by atoms with Gasteiger partial charge in [-0.2, -0.15) is 0 Å². The molecule has 0 aliphatic carbocycles. The van der Waals surface area contributed by atoms with Crippen molar-refractivity contribution < 1.29 is 9.47 Å². The SMILES string of the molecule is CCNC(CC1CCOCC1)C1CCC(C)O1. The normalized spacial score (nSPS) is 32.8. The lowest BCUT2D eigenvalue weighted by atomic mass is 9.89. The zero-order valence-electron chi connectivity index (χ0n) is 11.3. The van der Waals surface area contributed by atoms with Crippen molar-refractivity contribution >= 4 is 0 Å². The third-order valence-electron chi connectivity index (χ3n) is 4.11. The molecule has 3 heteroatoms. The van der Waals surface area contributed by atoms with Gasteiger partial charge >= 0.3 is 0 Å². The smallest absolute Gasteiger partial charge is 0.0732 e. The first-order valence-electron chi connectivity index (χ1n) is 7.26. The summed E-state index contributed by atoms with van der Waals surface area (Å²) in [6.45, 7) is 7.33. The summed E-state index contributed by atoms with van der Waals surface area (Å²) in [7, 11) is 0. The van der Waals surface area contributed by atoms with Crippen LogP contribution in [0.1, 0.15) is 46.0 Å². The first kappa shape index (κ1) is 13.3. The van der Waals surface area contributed by atoms with Crippen LogP contribution in [0.5, 0.6) is 0 Å². The molecular weight excluding hydrogens is 214 g/mol. The van der Waals surface area contributed by atoms with E-state index in [0.717, 1.165) is 25.7 Å². The van der Waals surface area contributed by atoms with Gasteiger partial charge in [-0.05, 0) is 51.5 Å². The van der Waals surface area contributed by atoms with E-state index < -0.39 is 0 Å². The minimum Gasteiger partial charge on any atom is -0.381 e. The van der Waals surface area contributed by atoms with Gasteiger partial charge in [0, 0.05) is 19.3 Å². The highest BCUT2D eigenvalue weighted by Crippen LogP contribution is 2.27. The van der Waals surface area contributed by atoms with Gasteiger partial charge in [-0.25, -0.2) is 0 Å². The highest BCUT2D eigenvalue weighted by Gasteiger charge is 2.31. The third-order valence-corrected chi connectivity index (χ3v) is 4.11. The number of hydrogen-bond acceptors (Lipinski definition) is 3. The molecule has 1 N–H and O–H groups in total. The monoisotopic (exact) mass is 241 g/mol. The molecule has 2 aliphatic heterocycles. The molecule has 0 aromatic heterocycles. The molecule has 0 saturated carbocycles. The summed E-state index contributed by atoms with van der Waals surface area (Å²) in [5.41, 5.74) is 0. The number of ether oxygens (including phenoxy) is 2. The summed E-state index contributed by atoms with van der Waals surface area (Å²) in [5.74, 6) is 0.826. The Balaban J connectivity index is 1.82. The van der Waals surface area contributed by atoms with E-state index in [1.807, 2.05) is 0 Å². The molecule has 2 fully saturated rings. The van der Waals surface area contributed by atoms with E-state index in [9.17, 15) is 0 Å². The first-order chi connectivity index (χ1) is 8.29. The summed E-state index contributed by atoms with van der Waals surface area (Å²) < 4.78 is 11.5. The Hall–Kier alpha value is -0.120. The molecule has 2 saturated heterocycles. The van der Waals surface area contributed by atoms with E-state index in [0.29, 0.717) is 18.2 Å². The summed E-state index contributed by atoms with van der Waals surface area (Å²) in [6, 6.07) is 0.549. The van der Waals surface area contributed by atoms with Crippen LogP contribution in [0.15, 0.2) is 0 Å². The van der Waals surface area contributed by atoms with E-state index >= 15 is 0 Å². The molecule has 0 aromatic rings. The highest BCUT2D eigenvalue weighted by molar-refractivity contribution is 4.85. The topological polar surface area (TPSA) is 30.5 Å². The van der Waals surface area contributed by atoms with E-state index in [4.69, 9.17) is 9.47 Å². The molecule has 0 aromatic carbocycles. The van der Waals surface area contributed by atoms with Crippen LogP contribution >= 0.6 is 0 Å². The van der Waals surface area contributed by atoms with Gasteiger partial charge in [0.05, 0.1) is 12.2 Å². The van der Waals surface area contributed by atoms with Gasteiger partial charge < -0.3 is 14.8 Å². The van der Waals surface area contributed by atoms with Crippen LogP contribution in [0.4, 0.5) is 0 Å². The molecule has 0 radical (unpaired) electrons. The van der Waals surface area contributed by atoms with Crippen LogP contribution in [-0.4, -0.2) is 38.0 Å². The fourth-order valence-corrected chi connectivity index (χ4v) is 3.10. The van der Waals surface area contributed by atoms with Gasteiger partial charge in [0.1, 0.15) is 0 Å². The molecule has 0 bridgehead atoms. The molecule has 0 spiro atoms. The van der Waals surface area contributed by atoms with E-state index in [2.05, 4.69) is 19.2 Å². The molecule has 100 valence electrons. The molecule has 2 rings (SSSR count). The van der Waals surface area contributed by atoms with Crippen molar-refractivity contribution in [3.8, 4) is 0 Å². The zero-order chi connectivity index (χ0) is 12.1. The predicted octanol–water partition coefficient (Wildman–Crippen LogP) is 2.35. The molecule has 0 amide bonds. The second kappa shape index (κ2) is 6.72. The minimum atomic E-state index is 0.438. The van der Waals surface area contributed by atoms with Gasteiger partial charge in [0.2, 0.25) is 0 Å². The number of rotatable bonds is 5.